The van der Waals surface area contributed by atoms with Gasteiger partial charge in [-0.3, -0.25) is 4.79 Å². The van der Waals surface area contributed by atoms with Crippen LogP contribution in [0.25, 0.3) is 0 Å². The monoisotopic (exact) mass is 263 g/mol. The fourth-order valence-corrected chi connectivity index (χ4v) is 2.24. The van der Waals surface area contributed by atoms with Crippen LogP contribution in [-0.2, 0) is 11.2 Å². The van der Waals surface area contributed by atoms with Gasteiger partial charge in [0, 0.05) is 17.6 Å². The van der Waals surface area contributed by atoms with Gasteiger partial charge in [0.1, 0.15) is 5.75 Å². The van der Waals surface area contributed by atoms with E-state index in [1.165, 1.54) is 0 Å². The number of hydrogen-bond donors (Lipinski definition) is 0. The van der Waals surface area contributed by atoms with Gasteiger partial charge in [-0.2, -0.15) is 0 Å². The van der Waals surface area contributed by atoms with E-state index in [-0.39, 0.29) is 11.4 Å². The summed E-state index contributed by atoms with van der Waals surface area (Å²) in [6.07, 6.45) is 1.33. The average Bonchev–Trinajstić information content (AvgIpc) is 2.39. The van der Waals surface area contributed by atoms with Crippen molar-refractivity contribution in [2.75, 3.05) is 13.7 Å². The second-order valence-corrected chi connectivity index (χ2v) is 5.29. The predicted molar refractivity (Wildman–Crippen MR) is 78.5 cm³/mol. The third kappa shape index (κ3) is 3.72. The van der Waals surface area contributed by atoms with Crippen molar-refractivity contribution < 1.29 is 9.53 Å². The molecule has 1 aromatic rings. The number of hydrogen-bond acceptors (Lipinski definition) is 2. The highest BCUT2D eigenvalue weighted by atomic mass is 16.5. The van der Waals surface area contributed by atoms with Gasteiger partial charge in [0.05, 0.1) is 13.5 Å². The number of amides is 1. The maximum Gasteiger partial charge on any atom is 0.227 e. The number of nitrogens with zero attached hydrogens (tertiary/aromatic N) is 1. The fraction of sp³-hybridized carbons (Fsp3) is 0.562. The van der Waals surface area contributed by atoms with Gasteiger partial charge in [-0.25, -0.2) is 0 Å². The number of methoxy groups -OCH3 is 1. The summed E-state index contributed by atoms with van der Waals surface area (Å²) in [7, 11) is 1.64. The molecule has 0 aliphatic heterocycles. The van der Waals surface area contributed by atoms with Crippen LogP contribution in [0.4, 0.5) is 0 Å². The fourth-order valence-electron chi connectivity index (χ4n) is 2.24. The number of carbonyl (C=O) groups excluding carboxylic acids is 1. The molecule has 0 fully saturated rings. The molecule has 0 spiro atoms. The van der Waals surface area contributed by atoms with Crippen molar-refractivity contribution in [3.63, 3.8) is 0 Å². The van der Waals surface area contributed by atoms with E-state index in [2.05, 4.69) is 20.8 Å². The molecular weight excluding hydrogens is 238 g/mol. The van der Waals surface area contributed by atoms with Crippen LogP contribution in [0.15, 0.2) is 24.3 Å². The zero-order valence-electron chi connectivity index (χ0n) is 12.7. The van der Waals surface area contributed by atoms with Crippen LogP contribution in [0.5, 0.6) is 5.75 Å². The minimum atomic E-state index is -0.103. The standard InChI is InChI=1S/C16H25NO2/c1-6-16(3,4)17(7-2)15(18)12-13-10-8-9-11-14(13)19-5/h8-11H,6-7,12H2,1-5H3. The Morgan fingerprint density at radius 2 is 1.89 bits per heavy atom. The second-order valence-electron chi connectivity index (χ2n) is 5.29. The van der Waals surface area contributed by atoms with Crippen LogP contribution in [0.2, 0.25) is 0 Å². The number of ether oxygens (including phenoxy) is 1. The summed E-state index contributed by atoms with van der Waals surface area (Å²) < 4.78 is 5.30. The van der Waals surface area contributed by atoms with Crippen molar-refractivity contribution in [3.05, 3.63) is 29.8 Å². The highest BCUT2D eigenvalue weighted by Gasteiger charge is 2.28. The van der Waals surface area contributed by atoms with Crippen LogP contribution in [-0.4, -0.2) is 30.0 Å². The van der Waals surface area contributed by atoms with Crippen molar-refractivity contribution in [2.24, 2.45) is 0 Å². The summed E-state index contributed by atoms with van der Waals surface area (Å²) in [6.45, 7) is 9.08. The Bertz CT molecular complexity index is 427. The number of para-hydroxylation sites is 1. The number of rotatable bonds is 6. The van der Waals surface area contributed by atoms with Gasteiger partial charge in [0.2, 0.25) is 5.91 Å². The van der Waals surface area contributed by atoms with E-state index in [1.54, 1.807) is 7.11 Å². The van der Waals surface area contributed by atoms with Gasteiger partial charge in [0.25, 0.3) is 0 Å². The van der Waals surface area contributed by atoms with E-state index < -0.39 is 0 Å². The van der Waals surface area contributed by atoms with E-state index in [0.717, 1.165) is 24.3 Å². The molecule has 0 N–H and O–H groups in total. The molecule has 0 radical (unpaired) electrons. The minimum absolute atomic E-state index is 0.103. The van der Waals surface area contributed by atoms with Gasteiger partial charge in [-0.05, 0) is 33.3 Å². The molecule has 0 saturated heterocycles. The molecule has 0 unspecified atom stereocenters. The first-order chi connectivity index (χ1) is 8.96. The Labute approximate surface area is 116 Å². The van der Waals surface area contributed by atoms with Crippen molar-refractivity contribution in [2.45, 2.75) is 46.1 Å². The second kappa shape index (κ2) is 6.60. The Balaban J connectivity index is 2.89. The molecular formula is C16H25NO2. The van der Waals surface area contributed by atoms with Crippen molar-refractivity contribution in [1.29, 1.82) is 0 Å². The largest absolute Gasteiger partial charge is 0.496 e. The van der Waals surface area contributed by atoms with Crippen LogP contribution >= 0.6 is 0 Å². The maximum atomic E-state index is 12.5. The molecule has 0 aliphatic rings. The zero-order valence-corrected chi connectivity index (χ0v) is 12.7. The summed E-state index contributed by atoms with van der Waals surface area (Å²) in [5.41, 5.74) is 0.841. The number of carbonyl (C=O) groups is 1. The normalized spacial score (nSPS) is 11.2. The van der Waals surface area contributed by atoms with Crippen LogP contribution in [0, 0.1) is 0 Å². The van der Waals surface area contributed by atoms with Gasteiger partial charge in [0.15, 0.2) is 0 Å². The quantitative estimate of drug-likeness (QED) is 0.788. The molecule has 1 amide bonds. The van der Waals surface area contributed by atoms with Gasteiger partial charge < -0.3 is 9.64 Å². The molecule has 0 aromatic heterocycles. The molecule has 3 nitrogen and oxygen atoms in total. The molecule has 19 heavy (non-hydrogen) atoms. The average molecular weight is 263 g/mol. The van der Waals surface area contributed by atoms with E-state index >= 15 is 0 Å². The van der Waals surface area contributed by atoms with Gasteiger partial charge in [-0.15, -0.1) is 0 Å². The molecule has 0 bridgehead atoms. The molecule has 0 heterocycles. The lowest BCUT2D eigenvalue weighted by atomic mass is 9.98. The molecule has 1 rings (SSSR count). The first kappa shape index (κ1) is 15.5. The first-order valence-corrected chi connectivity index (χ1v) is 6.88. The highest BCUT2D eigenvalue weighted by molar-refractivity contribution is 5.80. The number of benzene rings is 1. The van der Waals surface area contributed by atoms with Crippen LogP contribution in [0.1, 0.15) is 39.7 Å². The van der Waals surface area contributed by atoms with Crippen LogP contribution in [0.3, 0.4) is 0 Å². The molecule has 3 heteroatoms. The Morgan fingerprint density at radius 3 is 2.42 bits per heavy atom. The van der Waals surface area contributed by atoms with Crippen molar-refractivity contribution in [3.8, 4) is 5.75 Å². The highest BCUT2D eigenvalue weighted by Crippen LogP contribution is 2.22. The lowest BCUT2D eigenvalue weighted by Gasteiger charge is -2.37. The Hall–Kier alpha value is -1.51. The van der Waals surface area contributed by atoms with Gasteiger partial charge >= 0.3 is 0 Å². The third-order valence-corrected chi connectivity index (χ3v) is 3.75. The molecule has 0 saturated carbocycles. The topological polar surface area (TPSA) is 29.5 Å². The Morgan fingerprint density at radius 1 is 1.26 bits per heavy atom. The summed E-state index contributed by atoms with van der Waals surface area (Å²) in [6, 6.07) is 7.69. The zero-order chi connectivity index (χ0) is 14.5. The molecule has 0 aliphatic carbocycles. The maximum absolute atomic E-state index is 12.5. The number of likely N-dealkylation sites (N-methyl/N-ethyl adjacent to an activating group) is 1. The molecule has 0 atom stereocenters. The summed E-state index contributed by atoms with van der Waals surface area (Å²) in [5, 5.41) is 0. The Kier molecular flexibility index (Phi) is 5.40. The van der Waals surface area contributed by atoms with Gasteiger partial charge in [-0.1, -0.05) is 25.1 Å². The third-order valence-electron chi connectivity index (χ3n) is 3.75. The molecule has 1 aromatic carbocycles. The lowest BCUT2D eigenvalue weighted by molar-refractivity contribution is -0.135. The predicted octanol–water partition coefficient (Wildman–Crippen LogP) is 3.27. The van der Waals surface area contributed by atoms with Crippen LogP contribution < -0.4 is 4.74 Å². The molecule has 106 valence electrons. The summed E-state index contributed by atoms with van der Waals surface area (Å²) >= 11 is 0. The minimum Gasteiger partial charge on any atom is -0.496 e. The SMILES string of the molecule is CCN(C(=O)Cc1ccccc1OC)C(C)(C)CC. The lowest BCUT2D eigenvalue weighted by Crippen LogP contribution is -2.47. The van der Waals surface area contributed by atoms with Crippen molar-refractivity contribution in [1.82, 2.24) is 4.90 Å². The van der Waals surface area contributed by atoms with E-state index in [0.29, 0.717) is 6.42 Å². The summed E-state index contributed by atoms with van der Waals surface area (Å²) in [5.74, 6) is 0.931. The van der Waals surface area contributed by atoms with Crippen molar-refractivity contribution >= 4 is 5.91 Å². The van der Waals surface area contributed by atoms with E-state index in [9.17, 15) is 4.79 Å². The first-order valence-electron chi connectivity index (χ1n) is 6.88. The smallest absolute Gasteiger partial charge is 0.227 e. The van der Waals surface area contributed by atoms with E-state index in [4.69, 9.17) is 4.74 Å². The summed E-state index contributed by atoms with van der Waals surface area (Å²) in [4.78, 5) is 14.4. The van der Waals surface area contributed by atoms with E-state index in [1.807, 2.05) is 36.1 Å².